The molecule has 0 bridgehead atoms. The van der Waals surface area contributed by atoms with Gasteiger partial charge in [-0.25, -0.2) is 4.98 Å². The number of aromatic nitrogens is 1. The van der Waals surface area contributed by atoms with Crippen LogP contribution in [0.5, 0.6) is 11.6 Å². The molecule has 120 valence electrons. The first-order valence-corrected chi connectivity index (χ1v) is 7.83. The molecule has 1 amide bonds. The van der Waals surface area contributed by atoms with Crippen LogP contribution in [0.25, 0.3) is 0 Å². The standard InChI is InChI=1S/C18H12Cl2N2O2/c19-13-7-8-15(20)16(11-13)22-18(23)12-4-3-5-14(10-12)24-17-6-1-2-9-21-17/h1-11H,(H,22,23). The Morgan fingerprint density at radius 3 is 2.67 bits per heavy atom. The molecule has 1 heterocycles. The molecule has 1 aromatic heterocycles. The van der Waals surface area contributed by atoms with E-state index in [-0.39, 0.29) is 5.91 Å². The molecule has 6 heteroatoms. The van der Waals surface area contributed by atoms with Crippen LogP contribution < -0.4 is 10.1 Å². The molecular weight excluding hydrogens is 347 g/mol. The van der Waals surface area contributed by atoms with E-state index in [0.717, 1.165) is 0 Å². The van der Waals surface area contributed by atoms with Gasteiger partial charge in [0, 0.05) is 22.8 Å². The third kappa shape index (κ3) is 4.04. The Morgan fingerprint density at radius 2 is 1.88 bits per heavy atom. The van der Waals surface area contributed by atoms with Crippen molar-refractivity contribution in [1.82, 2.24) is 4.98 Å². The molecule has 24 heavy (non-hydrogen) atoms. The van der Waals surface area contributed by atoms with E-state index in [1.807, 2.05) is 6.07 Å². The number of amides is 1. The van der Waals surface area contributed by atoms with Crippen molar-refractivity contribution in [1.29, 1.82) is 0 Å². The van der Waals surface area contributed by atoms with Crippen LogP contribution in [0.4, 0.5) is 5.69 Å². The van der Waals surface area contributed by atoms with E-state index in [9.17, 15) is 4.79 Å². The van der Waals surface area contributed by atoms with Crippen molar-refractivity contribution in [3.8, 4) is 11.6 Å². The minimum atomic E-state index is -0.314. The second-order valence-electron chi connectivity index (χ2n) is 4.88. The van der Waals surface area contributed by atoms with Crippen LogP contribution in [0.2, 0.25) is 10.0 Å². The van der Waals surface area contributed by atoms with Gasteiger partial charge in [0.05, 0.1) is 10.7 Å². The van der Waals surface area contributed by atoms with E-state index in [2.05, 4.69) is 10.3 Å². The number of anilines is 1. The van der Waals surface area contributed by atoms with E-state index >= 15 is 0 Å². The number of ether oxygens (including phenoxy) is 1. The molecule has 0 aliphatic heterocycles. The monoisotopic (exact) mass is 358 g/mol. The van der Waals surface area contributed by atoms with Gasteiger partial charge in [0.2, 0.25) is 5.88 Å². The number of halogens is 2. The highest BCUT2D eigenvalue weighted by molar-refractivity contribution is 6.35. The number of carbonyl (C=O) groups excluding carboxylic acids is 1. The van der Waals surface area contributed by atoms with Gasteiger partial charge in [0.15, 0.2) is 0 Å². The number of nitrogens with zero attached hydrogens (tertiary/aromatic N) is 1. The van der Waals surface area contributed by atoms with Crippen molar-refractivity contribution < 1.29 is 9.53 Å². The van der Waals surface area contributed by atoms with Gasteiger partial charge in [0.25, 0.3) is 5.91 Å². The number of nitrogens with one attached hydrogen (secondary N) is 1. The van der Waals surface area contributed by atoms with Gasteiger partial charge in [-0.2, -0.15) is 0 Å². The lowest BCUT2D eigenvalue weighted by Crippen LogP contribution is -2.12. The van der Waals surface area contributed by atoms with Crippen LogP contribution in [0.1, 0.15) is 10.4 Å². The van der Waals surface area contributed by atoms with Gasteiger partial charge in [-0.15, -0.1) is 0 Å². The molecule has 4 nitrogen and oxygen atoms in total. The zero-order chi connectivity index (χ0) is 16.9. The number of pyridine rings is 1. The molecule has 0 spiro atoms. The van der Waals surface area contributed by atoms with E-state index in [4.69, 9.17) is 27.9 Å². The number of carbonyl (C=O) groups is 1. The van der Waals surface area contributed by atoms with Crippen molar-refractivity contribution >= 4 is 34.8 Å². The highest BCUT2D eigenvalue weighted by Gasteiger charge is 2.10. The van der Waals surface area contributed by atoms with Crippen LogP contribution in [-0.4, -0.2) is 10.9 Å². The fraction of sp³-hybridized carbons (Fsp3) is 0. The molecule has 2 aromatic carbocycles. The maximum Gasteiger partial charge on any atom is 0.255 e. The summed E-state index contributed by atoms with van der Waals surface area (Å²) in [5.74, 6) is 0.650. The summed E-state index contributed by atoms with van der Waals surface area (Å²) in [6.07, 6.45) is 1.63. The van der Waals surface area contributed by atoms with Gasteiger partial charge in [0.1, 0.15) is 5.75 Å². The van der Waals surface area contributed by atoms with Crippen LogP contribution in [0, 0.1) is 0 Å². The fourth-order valence-electron chi connectivity index (χ4n) is 2.02. The fourth-order valence-corrected chi connectivity index (χ4v) is 2.35. The van der Waals surface area contributed by atoms with E-state index in [0.29, 0.717) is 32.9 Å². The van der Waals surface area contributed by atoms with Crippen molar-refractivity contribution in [3.63, 3.8) is 0 Å². The zero-order valence-electron chi connectivity index (χ0n) is 12.4. The summed E-state index contributed by atoms with van der Waals surface area (Å²) in [5.41, 5.74) is 0.879. The summed E-state index contributed by atoms with van der Waals surface area (Å²) in [4.78, 5) is 16.5. The number of hydrogen-bond acceptors (Lipinski definition) is 3. The van der Waals surface area contributed by atoms with Crippen molar-refractivity contribution in [2.24, 2.45) is 0 Å². The Balaban J connectivity index is 1.78. The lowest BCUT2D eigenvalue weighted by atomic mass is 10.2. The maximum atomic E-state index is 12.4. The lowest BCUT2D eigenvalue weighted by molar-refractivity contribution is 0.102. The first-order valence-electron chi connectivity index (χ1n) is 7.07. The normalized spacial score (nSPS) is 10.2. The number of hydrogen-bond donors (Lipinski definition) is 1. The Kier molecular flexibility index (Phi) is 4.99. The number of rotatable bonds is 4. The van der Waals surface area contributed by atoms with Gasteiger partial charge >= 0.3 is 0 Å². The summed E-state index contributed by atoms with van der Waals surface area (Å²) >= 11 is 12.0. The summed E-state index contributed by atoms with van der Waals surface area (Å²) < 4.78 is 5.62. The molecule has 0 fully saturated rings. The predicted octanol–water partition coefficient (Wildman–Crippen LogP) is 5.43. The third-order valence-electron chi connectivity index (χ3n) is 3.13. The van der Waals surface area contributed by atoms with Crippen LogP contribution >= 0.6 is 23.2 Å². The quantitative estimate of drug-likeness (QED) is 0.676. The largest absolute Gasteiger partial charge is 0.439 e. The summed E-state index contributed by atoms with van der Waals surface area (Å²) in [6, 6.07) is 17.0. The molecule has 0 unspecified atom stereocenters. The molecule has 3 aromatic rings. The molecule has 1 N–H and O–H groups in total. The lowest BCUT2D eigenvalue weighted by Gasteiger charge is -2.09. The average Bonchev–Trinajstić information content (AvgIpc) is 2.59. The molecular formula is C18H12Cl2N2O2. The van der Waals surface area contributed by atoms with Gasteiger partial charge in [-0.3, -0.25) is 4.79 Å². The Morgan fingerprint density at radius 1 is 1.00 bits per heavy atom. The highest BCUT2D eigenvalue weighted by atomic mass is 35.5. The van der Waals surface area contributed by atoms with Gasteiger partial charge in [-0.05, 0) is 42.5 Å². The van der Waals surface area contributed by atoms with Crippen molar-refractivity contribution in [2.45, 2.75) is 0 Å². The smallest absolute Gasteiger partial charge is 0.255 e. The van der Waals surface area contributed by atoms with Crippen molar-refractivity contribution in [2.75, 3.05) is 5.32 Å². The van der Waals surface area contributed by atoms with E-state index in [1.54, 1.807) is 60.8 Å². The highest BCUT2D eigenvalue weighted by Crippen LogP contribution is 2.26. The maximum absolute atomic E-state index is 12.4. The second-order valence-corrected chi connectivity index (χ2v) is 5.72. The Labute approximate surface area is 149 Å². The molecule has 0 saturated heterocycles. The molecule has 0 aliphatic carbocycles. The average molecular weight is 359 g/mol. The molecule has 0 saturated carbocycles. The summed E-state index contributed by atoms with van der Waals surface area (Å²) in [6.45, 7) is 0. The second kappa shape index (κ2) is 7.34. The topological polar surface area (TPSA) is 51.2 Å². The minimum absolute atomic E-state index is 0.314. The molecule has 3 rings (SSSR count). The van der Waals surface area contributed by atoms with E-state index in [1.165, 1.54) is 0 Å². The summed E-state index contributed by atoms with van der Waals surface area (Å²) in [5, 5.41) is 3.63. The first kappa shape index (κ1) is 16.3. The van der Waals surface area contributed by atoms with E-state index < -0.39 is 0 Å². The van der Waals surface area contributed by atoms with Gasteiger partial charge in [-0.1, -0.05) is 35.3 Å². The molecule has 0 aliphatic rings. The summed E-state index contributed by atoms with van der Waals surface area (Å²) in [7, 11) is 0. The Hall–Kier alpha value is -2.56. The van der Waals surface area contributed by atoms with Crippen LogP contribution in [-0.2, 0) is 0 Å². The third-order valence-corrected chi connectivity index (χ3v) is 3.70. The van der Waals surface area contributed by atoms with Crippen molar-refractivity contribution in [3.05, 3.63) is 82.5 Å². The molecule has 0 atom stereocenters. The zero-order valence-corrected chi connectivity index (χ0v) is 13.9. The number of benzene rings is 2. The minimum Gasteiger partial charge on any atom is -0.439 e. The SMILES string of the molecule is O=C(Nc1cc(Cl)ccc1Cl)c1cccc(Oc2ccccn2)c1. The Bertz CT molecular complexity index is 870. The predicted molar refractivity (Wildman–Crippen MR) is 95.2 cm³/mol. The van der Waals surface area contributed by atoms with Crippen LogP contribution in [0.15, 0.2) is 66.9 Å². The van der Waals surface area contributed by atoms with Crippen LogP contribution in [0.3, 0.4) is 0 Å². The first-order chi connectivity index (χ1) is 11.6. The van der Waals surface area contributed by atoms with Gasteiger partial charge < -0.3 is 10.1 Å². The molecule has 0 radical (unpaired) electrons.